The number of hydrogen-bond donors (Lipinski definition) is 10. The van der Waals surface area contributed by atoms with Gasteiger partial charge in [-0.3, -0.25) is 48.5 Å². The van der Waals surface area contributed by atoms with E-state index in [2.05, 4.69) is 15.1 Å². The average Bonchev–Trinajstić information content (AvgIpc) is 0.959. The summed E-state index contributed by atoms with van der Waals surface area (Å²) in [7, 11) is 0. The van der Waals surface area contributed by atoms with Crippen molar-refractivity contribution in [2.45, 2.75) is 63.3 Å². The van der Waals surface area contributed by atoms with Crippen molar-refractivity contribution in [3.8, 4) is 12.1 Å². The van der Waals surface area contributed by atoms with Gasteiger partial charge in [0.05, 0.1) is 73.0 Å². The number of halogens is 25. The summed E-state index contributed by atoms with van der Waals surface area (Å²) in [5.74, 6) is -16.1. The molecule has 7 rings (SSSR count). The van der Waals surface area contributed by atoms with Crippen molar-refractivity contribution in [3.63, 3.8) is 0 Å². The van der Waals surface area contributed by atoms with Crippen LogP contribution in [0.25, 0.3) is 0 Å². The van der Waals surface area contributed by atoms with Crippen molar-refractivity contribution in [3.05, 3.63) is 189 Å². The van der Waals surface area contributed by atoms with E-state index in [1.54, 1.807) is 22.8 Å². The van der Waals surface area contributed by atoms with Gasteiger partial charge in [-0.25, -0.2) is 9.18 Å². The van der Waals surface area contributed by atoms with E-state index < -0.39 is 164 Å². The molecule has 0 aliphatic carbocycles. The summed E-state index contributed by atoms with van der Waals surface area (Å²) in [5, 5.41) is 48.8. The molecule has 0 aliphatic heterocycles. The molecule has 0 saturated carbocycles. The molecule has 0 aliphatic rings. The molecule has 25 nitrogen and oxygen atoms in total. The maximum absolute atomic E-state index is 13.5. The third kappa shape index (κ3) is 31.3. The summed E-state index contributed by atoms with van der Waals surface area (Å²) in [6.45, 7) is 2.29. The Kier molecular flexibility index (Phi) is 32.1. The van der Waals surface area contributed by atoms with E-state index in [1.165, 1.54) is 55.7 Å². The van der Waals surface area contributed by atoms with Crippen molar-refractivity contribution < 1.29 is 167 Å². The van der Waals surface area contributed by atoms with Crippen molar-refractivity contribution in [1.82, 2.24) is 0 Å². The Morgan fingerprint density at radius 3 is 1.06 bits per heavy atom. The van der Waals surface area contributed by atoms with Gasteiger partial charge < -0.3 is 57.8 Å². The van der Waals surface area contributed by atoms with Gasteiger partial charge in [-0.1, -0.05) is 12.1 Å². The molecule has 0 unspecified atom stereocenters. The zero-order chi connectivity index (χ0) is 85.5. The quantitative estimate of drug-likeness (QED) is 0.0249. The van der Waals surface area contributed by atoms with Crippen molar-refractivity contribution >= 4 is 110 Å². The minimum absolute atomic E-state index is 0.0231. The molecule has 0 bridgehead atoms. The SMILES string of the molecule is CC(=O)Nc1ccc(NC(=O)C(F)(F)F)c(C#N)c1.CC(=O)Nc1ccc(NC(=O)C(F)(F)F)c(C(F)(F)F)c1.N#Cc1cc(N)ccc1NC(=O)C(F)(F)F.O=C(Nc1ccc(NC(=O)C(F)(F)F)c(C(F)(F)F)c1)c1ccccc1F.O=C(Nc1ccc([N+](=O)[O-])cc1C(F)(F)F)C(F)(F)F.O=C(O)c1ccco1. The van der Waals surface area contributed by atoms with Crippen LogP contribution in [0.15, 0.2) is 138 Å². The molecule has 6 aromatic carbocycles. The highest BCUT2D eigenvalue weighted by Crippen LogP contribution is 2.41. The summed E-state index contributed by atoms with van der Waals surface area (Å²) in [4.78, 5) is 106. The van der Waals surface area contributed by atoms with Crippen molar-refractivity contribution in [2.24, 2.45) is 0 Å². The van der Waals surface area contributed by atoms with Crippen LogP contribution in [0.4, 0.5) is 167 Å². The maximum atomic E-state index is 13.5. The van der Waals surface area contributed by atoms with Gasteiger partial charge in [0, 0.05) is 48.7 Å². The molecule has 50 heteroatoms. The third-order valence-corrected chi connectivity index (χ3v) is 11.8. The normalized spacial score (nSPS) is 11.3. The summed E-state index contributed by atoms with van der Waals surface area (Å²) < 4.78 is 314. The lowest BCUT2D eigenvalue weighted by atomic mass is 10.1. The molecule has 596 valence electrons. The highest BCUT2D eigenvalue weighted by Gasteiger charge is 2.45. The number of nitrogens with one attached hydrogen (secondary N) is 8. The number of aromatic carboxylic acids is 1. The lowest BCUT2D eigenvalue weighted by Gasteiger charge is -2.16. The number of nitrogens with zero attached hydrogens (tertiary/aromatic N) is 3. The standard InChI is InChI=1S/C16H9F7N2O2.C11H8F6N2O2.C11H8F3N3O2.C9H4F6N2O3.C9H6F3N3O.C5H4O3/c17-11-4-2-1-3-9(11)13(26)24-8-5-6-12(10(7-8)15(18,19)20)25-14(27)16(21,22)23;1-5(20)18-6-2-3-8(7(4-6)10(12,13)14)19-9(21)11(15,16)17;1-6(18)16-8-2-3-9(7(4-8)5-15)17-10(19)11(12,13)14;10-8(11,12)5-3-4(17(19)20)1-2-6(5)16-7(18)9(13,14)15;10-9(11,12)8(16)15-7-2-1-6(14)3-5(7)4-13;6-5(7)4-2-1-3-8-4/h1-7H,(H,24,26)(H,25,27);2-4H,1H3,(H,18,20)(H,19,21);2-4H,1H3,(H,16,18)(H,17,19);1-3H,(H,16,18);1-3H,14H2,(H,15,16);1-3H,(H,6,7). The molecule has 0 spiro atoms. The Morgan fingerprint density at radius 1 is 0.423 bits per heavy atom. The van der Waals surface area contributed by atoms with E-state index in [0.29, 0.717) is 36.4 Å². The minimum atomic E-state index is -5.39. The molecule has 0 saturated heterocycles. The molecule has 111 heavy (non-hydrogen) atoms. The van der Waals surface area contributed by atoms with E-state index >= 15 is 0 Å². The molecular formula is C61H39F25N12O13. The lowest BCUT2D eigenvalue weighted by molar-refractivity contribution is -0.385. The summed E-state index contributed by atoms with van der Waals surface area (Å²) in [5.41, 5.74) is -5.45. The second-order valence-electron chi connectivity index (χ2n) is 20.1. The molecule has 1 aromatic heterocycles. The maximum Gasteiger partial charge on any atom is 0.471 e. The number of nitro groups is 1. The molecule has 0 fully saturated rings. The number of alkyl halides is 24. The first kappa shape index (κ1) is 93.3. The number of amides is 8. The fourth-order valence-corrected chi connectivity index (χ4v) is 7.12. The number of non-ortho nitro benzene ring substituents is 1. The number of benzene rings is 6. The van der Waals surface area contributed by atoms with Crippen LogP contribution >= 0.6 is 0 Å². The molecule has 7 aromatic rings. The second kappa shape index (κ2) is 38.2. The molecule has 0 atom stereocenters. The second-order valence-corrected chi connectivity index (χ2v) is 20.1. The Labute approximate surface area is 599 Å². The number of nitrogens with two attached hydrogens (primary N) is 1. The summed E-state index contributed by atoms with van der Waals surface area (Å²) in [6, 6.07) is 22.6. The predicted octanol–water partition coefficient (Wildman–Crippen LogP) is 15.5. The van der Waals surface area contributed by atoms with Crippen LogP contribution < -0.4 is 48.3 Å². The number of nitro benzene ring substituents is 1. The molecule has 8 amide bonds. The smallest absolute Gasteiger partial charge is 0.471 e. The number of anilines is 9. The summed E-state index contributed by atoms with van der Waals surface area (Å²) >= 11 is 0. The molecular weight excluding hydrogens is 1580 g/mol. The van der Waals surface area contributed by atoms with Crippen LogP contribution in [0.2, 0.25) is 0 Å². The van der Waals surface area contributed by atoms with E-state index in [-0.39, 0.29) is 51.4 Å². The van der Waals surface area contributed by atoms with E-state index in [1.807, 2.05) is 5.32 Å². The number of furan rings is 1. The minimum Gasteiger partial charge on any atom is -0.475 e. The van der Waals surface area contributed by atoms with Crippen LogP contribution in [0.5, 0.6) is 0 Å². The summed E-state index contributed by atoms with van der Waals surface area (Å²) in [6.07, 6.45) is -40.1. The highest BCUT2D eigenvalue weighted by molar-refractivity contribution is 6.05. The number of carbonyl (C=O) groups is 9. The Morgan fingerprint density at radius 2 is 0.748 bits per heavy atom. The van der Waals surface area contributed by atoms with Crippen LogP contribution in [-0.4, -0.2) is 94.1 Å². The number of rotatable bonds is 11. The number of carbonyl (C=O) groups excluding carboxylic acids is 8. The van der Waals surface area contributed by atoms with Gasteiger partial charge in [0.15, 0.2) is 0 Å². The van der Waals surface area contributed by atoms with Crippen LogP contribution in [0.3, 0.4) is 0 Å². The van der Waals surface area contributed by atoms with Crippen LogP contribution in [-0.2, 0) is 52.1 Å². The van der Waals surface area contributed by atoms with Gasteiger partial charge >= 0.3 is 84.9 Å². The highest BCUT2D eigenvalue weighted by atomic mass is 19.4. The average molecular weight is 1620 g/mol. The molecule has 0 radical (unpaired) electrons. The zero-order valence-electron chi connectivity index (χ0n) is 53.9. The van der Waals surface area contributed by atoms with Gasteiger partial charge in [-0.05, 0) is 103 Å². The van der Waals surface area contributed by atoms with E-state index in [9.17, 15) is 163 Å². The van der Waals surface area contributed by atoms with Gasteiger partial charge in [0.25, 0.3) is 11.6 Å². The largest absolute Gasteiger partial charge is 0.475 e. The molecule has 1 heterocycles. The van der Waals surface area contributed by atoms with E-state index in [0.717, 1.165) is 65.3 Å². The van der Waals surface area contributed by atoms with Gasteiger partial charge in [-0.15, -0.1) is 0 Å². The zero-order valence-corrected chi connectivity index (χ0v) is 53.9. The number of carboxylic acids is 1. The Hall–Kier alpha value is -13.7. The fourth-order valence-electron chi connectivity index (χ4n) is 7.12. The topological polar surface area (TPSA) is 400 Å². The molecule has 11 N–H and O–H groups in total. The number of hydrogen-bond acceptors (Lipinski definition) is 15. The van der Waals surface area contributed by atoms with Crippen LogP contribution in [0.1, 0.15) is 62.6 Å². The van der Waals surface area contributed by atoms with E-state index in [4.69, 9.17) is 21.4 Å². The number of nitrogen functional groups attached to an aromatic ring is 1. The van der Waals surface area contributed by atoms with Crippen LogP contribution in [0, 0.1) is 38.6 Å². The van der Waals surface area contributed by atoms with Crippen molar-refractivity contribution in [1.29, 1.82) is 10.5 Å². The first-order chi connectivity index (χ1) is 50.6. The first-order valence-corrected chi connectivity index (χ1v) is 28.0. The third-order valence-electron chi connectivity index (χ3n) is 11.8. The predicted molar refractivity (Wildman–Crippen MR) is 330 cm³/mol. The first-order valence-electron chi connectivity index (χ1n) is 28.0. The fraction of sp³-hybridized carbons (Fsp3) is 0.164. The van der Waals surface area contributed by atoms with Gasteiger partial charge in [-0.2, -0.15) is 116 Å². The Balaban J connectivity index is 0.000000463. The Bertz CT molecular complexity index is 4660. The lowest BCUT2D eigenvalue weighted by Crippen LogP contribution is -2.31. The van der Waals surface area contributed by atoms with Gasteiger partial charge in [0.2, 0.25) is 17.6 Å². The number of carboxylic acid groups (broad SMARTS) is 1. The van der Waals surface area contributed by atoms with Gasteiger partial charge in [0.1, 0.15) is 18.0 Å². The number of nitriles is 2. The monoisotopic (exact) mass is 1620 g/mol. The van der Waals surface area contributed by atoms with Crippen molar-refractivity contribution in [2.75, 3.05) is 48.3 Å².